The van der Waals surface area contributed by atoms with Crippen LogP contribution in [0.5, 0.6) is 0 Å². The van der Waals surface area contributed by atoms with Crippen LogP contribution < -0.4 is 21.3 Å². The zero-order valence-electron chi connectivity index (χ0n) is 13.3. The number of para-hydroxylation sites is 1. The van der Waals surface area contributed by atoms with E-state index in [4.69, 9.17) is 11.6 Å². The monoisotopic (exact) mass is 341 g/mol. The minimum Gasteiger partial charge on any atom is -0.337 e. The molecule has 0 saturated carbocycles. The molecule has 3 rings (SSSR count). The third-order valence-corrected chi connectivity index (χ3v) is 3.88. The molecule has 122 valence electrons. The topological polar surface area (TPSA) is 71.3 Å². The number of nitrogens with zero attached hydrogens (tertiary/aromatic N) is 3. The number of halogens is 1. The molecular weight excluding hydrogens is 326 g/mol. The molecule has 0 radical (unpaired) electrons. The summed E-state index contributed by atoms with van der Waals surface area (Å²) in [5, 5.41) is 7.65. The Labute approximate surface area is 143 Å². The van der Waals surface area contributed by atoms with Crippen LogP contribution in [0.3, 0.4) is 0 Å². The number of hydrogen-bond donors (Lipinski definition) is 2. The van der Waals surface area contributed by atoms with Crippen LogP contribution in [0.4, 0.5) is 11.5 Å². The van der Waals surface area contributed by atoms with Gasteiger partial charge >= 0.3 is 0 Å². The molecule has 0 spiro atoms. The Morgan fingerprint density at radius 1 is 1.42 bits per heavy atom. The smallest absolute Gasteiger partial charge is 0.220 e. The summed E-state index contributed by atoms with van der Waals surface area (Å²) in [6, 6.07) is 5.67. The van der Waals surface area contributed by atoms with Crippen molar-refractivity contribution in [1.82, 2.24) is 19.7 Å². The van der Waals surface area contributed by atoms with E-state index in [1.54, 1.807) is 23.1 Å². The molecule has 2 N–H and O–H groups in total. The number of fused-ring (bicyclic) bond motifs is 1. The highest BCUT2D eigenvalue weighted by Gasteiger charge is 2.10. The summed E-state index contributed by atoms with van der Waals surface area (Å²) in [5.41, 5.74) is 2.53. The van der Waals surface area contributed by atoms with Crippen molar-refractivity contribution in [2.45, 2.75) is 13.8 Å². The van der Waals surface area contributed by atoms with Crippen molar-refractivity contribution < 1.29 is 4.79 Å². The summed E-state index contributed by atoms with van der Waals surface area (Å²) in [5.74, 6) is 0.422. The van der Waals surface area contributed by atoms with Gasteiger partial charge in [0.25, 0.3) is 0 Å². The molecule has 24 heavy (non-hydrogen) atoms. The molecule has 0 atom stereocenters. The van der Waals surface area contributed by atoms with E-state index >= 15 is 0 Å². The Morgan fingerprint density at radius 3 is 2.92 bits per heavy atom. The first-order chi connectivity index (χ1) is 11.5. The zero-order chi connectivity index (χ0) is 17.3. The van der Waals surface area contributed by atoms with E-state index in [0.717, 1.165) is 16.8 Å². The summed E-state index contributed by atoms with van der Waals surface area (Å²) in [6.07, 6.45) is 4.90. The molecule has 2 aromatic heterocycles. The molecule has 0 bridgehead atoms. The van der Waals surface area contributed by atoms with Crippen LogP contribution in [0.2, 0.25) is 5.02 Å². The SMILES string of the molecule is C=c1nc(Nc2c(C)cccc2Cl)c2cncn2/c1=C/NC(C)=O. The minimum atomic E-state index is -0.170. The van der Waals surface area contributed by atoms with Crippen molar-refractivity contribution in [2.75, 3.05) is 5.32 Å². The van der Waals surface area contributed by atoms with Crippen molar-refractivity contribution in [3.8, 4) is 0 Å². The van der Waals surface area contributed by atoms with Gasteiger partial charge < -0.3 is 10.6 Å². The Balaban J connectivity index is 2.16. The summed E-state index contributed by atoms with van der Waals surface area (Å²) >= 11 is 6.28. The molecule has 7 heteroatoms. The second-order valence-electron chi connectivity index (χ2n) is 5.34. The number of carbonyl (C=O) groups is 1. The van der Waals surface area contributed by atoms with Crippen LogP contribution in [0.1, 0.15) is 12.5 Å². The van der Waals surface area contributed by atoms with E-state index < -0.39 is 0 Å². The second kappa shape index (κ2) is 6.33. The predicted molar refractivity (Wildman–Crippen MR) is 95.5 cm³/mol. The Kier molecular flexibility index (Phi) is 4.22. The van der Waals surface area contributed by atoms with E-state index in [0.29, 0.717) is 21.5 Å². The molecule has 3 aromatic rings. The number of aromatic nitrogens is 3. The number of rotatable bonds is 3. The Hall–Kier alpha value is -2.86. The number of hydrogen-bond acceptors (Lipinski definition) is 4. The van der Waals surface area contributed by atoms with Gasteiger partial charge in [-0.05, 0) is 18.6 Å². The van der Waals surface area contributed by atoms with Gasteiger partial charge in [-0.2, -0.15) is 0 Å². The Morgan fingerprint density at radius 2 is 2.21 bits per heavy atom. The molecule has 0 aliphatic carbocycles. The first kappa shape index (κ1) is 16.0. The average molecular weight is 342 g/mol. The van der Waals surface area contributed by atoms with E-state index in [1.807, 2.05) is 25.1 Å². The molecule has 6 nitrogen and oxygen atoms in total. The van der Waals surface area contributed by atoms with Crippen molar-refractivity contribution in [3.63, 3.8) is 0 Å². The lowest BCUT2D eigenvalue weighted by Gasteiger charge is -2.12. The normalized spacial score (nSPS) is 11.7. The van der Waals surface area contributed by atoms with Crippen molar-refractivity contribution >= 4 is 47.3 Å². The van der Waals surface area contributed by atoms with E-state index in [1.165, 1.54) is 6.92 Å². The lowest BCUT2D eigenvalue weighted by Crippen LogP contribution is -2.36. The van der Waals surface area contributed by atoms with E-state index in [2.05, 4.69) is 27.2 Å². The van der Waals surface area contributed by atoms with E-state index in [-0.39, 0.29) is 5.91 Å². The van der Waals surface area contributed by atoms with Gasteiger partial charge in [0, 0.05) is 13.1 Å². The van der Waals surface area contributed by atoms with Crippen LogP contribution in [0, 0.1) is 6.92 Å². The highest BCUT2D eigenvalue weighted by atomic mass is 35.5. The van der Waals surface area contributed by atoms with Crippen LogP contribution >= 0.6 is 11.6 Å². The van der Waals surface area contributed by atoms with Gasteiger partial charge in [0.1, 0.15) is 5.52 Å². The second-order valence-corrected chi connectivity index (χ2v) is 5.75. The predicted octanol–water partition coefficient (Wildman–Crippen LogP) is 1.72. The van der Waals surface area contributed by atoms with Crippen molar-refractivity contribution in [1.29, 1.82) is 0 Å². The standard InChI is InChI=1S/C17H16ClN5O/c1-10-5-4-6-13(18)16(10)22-17-15-7-19-9-23(15)14(11(2)21-17)8-20-12(3)24/h4-9H,2H2,1,3H3,(H,20,24)(H,21,22)/b14-8+. The van der Waals surface area contributed by atoms with Gasteiger partial charge in [0.15, 0.2) is 5.82 Å². The average Bonchev–Trinajstić information content (AvgIpc) is 2.99. The third kappa shape index (κ3) is 2.96. The van der Waals surface area contributed by atoms with Crippen molar-refractivity contribution in [2.24, 2.45) is 0 Å². The molecule has 1 aromatic carbocycles. The number of aryl methyl sites for hydroxylation is 1. The van der Waals surface area contributed by atoms with Gasteiger partial charge in [-0.25, -0.2) is 9.97 Å². The van der Waals surface area contributed by atoms with Gasteiger partial charge in [-0.1, -0.05) is 30.3 Å². The molecule has 1 amide bonds. The third-order valence-electron chi connectivity index (χ3n) is 3.56. The van der Waals surface area contributed by atoms with Gasteiger partial charge in [0.2, 0.25) is 5.91 Å². The summed E-state index contributed by atoms with van der Waals surface area (Å²) < 4.78 is 1.81. The molecule has 0 fully saturated rings. The molecule has 0 unspecified atom stereocenters. The first-order valence-corrected chi connectivity index (χ1v) is 7.65. The number of imidazole rings is 1. The van der Waals surface area contributed by atoms with Crippen LogP contribution in [0.25, 0.3) is 18.3 Å². The fourth-order valence-corrected chi connectivity index (χ4v) is 2.64. The number of nitrogens with one attached hydrogen (secondary N) is 2. The van der Waals surface area contributed by atoms with Gasteiger partial charge in [-0.3, -0.25) is 9.20 Å². The fourth-order valence-electron chi connectivity index (χ4n) is 2.37. The number of benzene rings is 1. The van der Waals surface area contributed by atoms with Gasteiger partial charge in [-0.15, -0.1) is 0 Å². The summed E-state index contributed by atoms with van der Waals surface area (Å²) in [6.45, 7) is 7.36. The molecule has 2 heterocycles. The highest BCUT2D eigenvalue weighted by molar-refractivity contribution is 6.33. The van der Waals surface area contributed by atoms with Crippen LogP contribution in [-0.2, 0) is 4.79 Å². The first-order valence-electron chi connectivity index (χ1n) is 7.28. The maximum atomic E-state index is 11.2. The maximum absolute atomic E-state index is 11.2. The zero-order valence-corrected chi connectivity index (χ0v) is 14.1. The molecular formula is C17H16ClN5O. The summed E-state index contributed by atoms with van der Waals surface area (Å²) in [7, 11) is 0. The lowest BCUT2D eigenvalue weighted by molar-refractivity contribution is -0.117. The molecule has 0 aliphatic heterocycles. The summed E-state index contributed by atoms with van der Waals surface area (Å²) in [4.78, 5) is 19.8. The number of carbonyl (C=O) groups excluding carboxylic acids is 1. The minimum absolute atomic E-state index is 0.170. The van der Waals surface area contributed by atoms with Gasteiger partial charge in [0.05, 0.1) is 33.9 Å². The lowest BCUT2D eigenvalue weighted by atomic mass is 10.2. The Bertz CT molecular complexity index is 1020. The van der Waals surface area contributed by atoms with Crippen LogP contribution in [-0.4, -0.2) is 20.3 Å². The number of anilines is 2. The molecule has 0 aliphatic rings. The van der Waals surface area contributed by atoms with Crippen molar-refractivity contribution in [3.05, 3.63) is 52.0 Å². The fraction of sp³-hybridized carbons (Fsp3) is 0.118. The quantitative estimate of drug-likeness (QED) is 0.761. The molecule has 0 saturated heterocycles. The van der Waals surface area contributed by atoms with Crippen LogP contribution in [0.15, 0.2) is 30.7 Å². The largest absolute Gasteiger partial charge is 0.337 e. The maximum Gasteiger partial charge on any atom is 0.220 e. The van der Waals surface area contributed by atoms with E-state index in [9.17, 15) is 4.79 Å². The highest BCUT2D eigenvalue weighted by Crippen LogP contribution is 2.28. The number of amides is 1.